The van der Waals surface area contributed by atoms with Gasteiger partial charge in [-0.3, -0.25) is 0 Å². The molecule has 0 fully saturated rings. The second kappa shape index (κ2) is 3.60. The number of allylic oxidation sites excluding steroid dienone is 1. The summed E-state index contributed by atoms with van der Waals surface area (Å²) in [6.07, 6.45) is 0. The summed E-state index contributed by atoms with van der Waals surface area (Å²) in [5.74, 6) is 1.30. The number of para-hydroxylation sites is 2. The summed E-state index contributed by atoms with van der Waals surface area (Å²) in [6.45, 7) is 0. The molecule has 4 heteroatoms. The number of hydrogen-bond donors (Lipinski definition) is 1. The molecule has 1 aromatic carbocycles. The Morgan fingerprint density at radius 2 is 2.29 bits per heavy atom. The Bertz CT molecular complexity index is 407. The Balaban J connectivity index is 2.36. The molecule has 2 rings (SSSR count). The molecule has 1 N–H and O–H groups in total. The summed E-state index contributed by atoms with van der Waals surface area (Å²) in [4.78, 5) is 0. The predicted octanol–water partition coefficient (Wildman–Crippen LogP) is 2.46. The van der Waals surface area contributed by atoms with Crippen molar-refractivity contribution < 1.29 is 4.74 Å². The molecule has 1 aliphatic heterocycles. The zero-order valence-corrected chi connectivity index (χ0v) is 8.01. The summed E-state index contributed by atoms with van der Waals surface area (Å²) in [5, 5.41) is 11.7. The molecule has 1 aliphatic rings. The summed E-state index contributed by atoms with van der Waals surface area (Å²) in [7, 11) is 0. The number of fused-ring (bicyclic) bond motifs is 1. The first kappa shape index (κ1) is 8.92. The monoisotopic (exact) mass is 206 g/mol. The van der Waals surface area contributed by atoms with E-state index >= 15 is 0 Å². The van der Waals surface area contributed by atoms with Crippen molar-refractivity contribution in [2.24, 2.45) is 0 Å². The third-order valence-electron chi connectivity index (χ3n) is 1.89. The normalized spacial score (nSPS) is 16.3. The Labute approximate surface area is 86.6 Å². The van der Waals surface area contributed by atoms with Gasteiger partial charge in [-0.2, -0.15) is 5.26 Å². The molecular formula is C10H7ClN2O. The van der Waals surface area contributed by atoms with E-state index in [-0.39, 0.29) is 5.88 Å². The Kier molecular flexibility index (Phi) is 2.30. The van der Waals surface area contributed by atoms with Crippen molar-refractivity contribution in [2.75, 3.05) is 11.2 Å². The van der Waals surface area contributed by atoms with Gasteiger partial charge in [0.2, 0.25) is 5.88 Å². The number of nitrogens with one attached hydrogen (secondary N) is 1. The zero-order valence-electron chi connectivity index (χ0n) is 7.25. The van der Waals surface area contributed by atoms with Crippen LogP contribution in [0.15, 0.2) is 35.7 Å². The molecule has 0 atom stereocenters. The van der Waals surface area contributed by atoms with Crippen LogP contribution < -0.4 is 10.1 Å². The number of ether oxygens (including phenoxy) is 1. The second-order valence-corrected chi connectivity index (χ2v) is 3.04. The molecule has 0 radical (unpaired) electrons. The molecule has 1 heterocycles. The van der Waals surface area contributed by atoms with Crippen molar-refractivity contribution in [3.05, 3.63) is 35.7 Å². The third-order valence-corrected chi connectivity index (χ3v) is 2.16. The number of anilines is 1. The minimum Gasteiger partial charge on any atom is -0.438 e. The summed E-state index contributed by atoms with van der Waals surface area (Å²) < 4.78 is 5.41. The van der Waals surface area contributed by atoms with Crippen molar-refractivity contribution in [3.63, 3.8) is 0 Å². The highest BCUT2D eigenvalue weighted by atomic mass is 35.5. The van der Waals surface area contributed by atoms with Gasteiger partial charge in [0.1, 0.15) is 11.6 Å². The van der Waals surface area contributed by atoms with Crippen LogP contribution in [0.4, 0.5) is 5.69 Å². The maximum absolute atomic E-state index is 8.75. The molecule has 0 spiro atoms. The Hall–Kier alpha value is -1.66. The van der Waals surface area contributed by atoms with Crippen LogP contribution >= 0.6 is 11.6 Å². The van der Waals surface area contributed by atoms with Crippen LogP contribution in [-0.2, 0) is 0 Å². The minimum atomic E-state index is 0.146. The van der Waals surface area contributed by atoms with Crippen molar-refractivity contribution in [3.8, 4) is 11.8 Å². The topological polar surface area (TPSA) is 45.0 Å². The number of benzene rings is 1. The number of halogens is 1. The lowest BCUT2D eigenvalue weighted by Gasteiger charge is -1.99. The number of rotatable bonds is 1. The van der Waals surface area contributed by atoms with Gasteiger partial charge < -0.3 is 10.1 Å². The molecule has 0 unspecified atom stereocenters. The van der Waals surface area contributed by atoms with Gasteiger partial charge in [-0.25, -0.2) is 0 Å². The number of hydrogen-bond acceptors (Lipinski definition) is 3. The van der Waals surface area contributed by atoms with Crippen molar-refractivity contribution in [1.29, 1.82) is 5.26 Å². The van der Waals surface area contributed by atoms with Crippen LogP contribution in [0.1, 0.15) is 0 Å². The van der Waals surface area contributed by atoms with Gasteiger partial charge in [0.15, 0.2) is 5.75 Å². The fourth-order valence-corrected chi connectivity index (χ4v) is 1.38. The van der Waals surface area contributed by atoms with Gasteiger partial charge in [0.25, 0.3) is 0 Å². The smallest absolute Gasteiger partial charge is 0.213 e. The first-order valence-corrected chi connectivity index (χ1v) is 4.61. The molecule has 70 valence electrons. The lowest BCUT2D eigenvalue weighted by molar-refractivity contribution is 0.453. The van der Waals surface area contributed by atoms with Crippen LogP contribution in [0.25, 0.3) is 0 Å². The average Bonchev–Trinajstić information content (AvgIpc) is 2.63. The van der Waals surface area contributed by atoms with Crippen LogP contribution in [-0.4, -0.2) is 5.88 Å². The van der Waals surface area contributed by atoms with Crippen LogP contribution in [0.3, 0.4) is 0 Å². The molecule has 0 bridgehead atoms. The van der Waals surface area contributed by atoms with Crippen LogP contribution in [0.5, 0.6) is 5.75 Å². The molecule has 3 nitrogen and oxygen atoms in total. The van der Waals surface area contributed by atoms with Crippen LogP contribution in [0, 0.1) is 11.3 Å². The number of nitriles is 1. The van der Waals surface area contributed by atoms with Gasteiger partial charge in [-0.05, 0) is 12.1 Å². The summed E-state index contributed by atoms with van der Waals surface area (Å²) in [6, 6.07) is 9.47. The average molecular weight is 207 g/mol. The minimum absolute atomic E-state index is 0.146. The molecule has 0 saturated heterocycles. The van der Waals surface area contributed by atoms with Gasteiger partial charge in [0.05, 0.1) is 11.6 Å². The van der Waals surface area contributed by atoms with E-state index in [0.29, 0.717) is 11.5 Å². The standard InChI is InChI=1S/C10H7ClN2O/c11-5-7(6-12)10-13-8-3-1-2-4-9(8)14-10/h1-4,13H,5H2/b10-7+. The van der Waals surface area contributed by atoms with E-state index in [2.05, 4.69) is 5.32 Å². The van der Waals surface area contributed by atoms with Crippen molar-refractivity contribution >= 4 is 17.3 Å². The molecule has 0 saturated carbocycles. The summed E-state index contributed by atoms with van der Waals surface area (Å²) >= 11 is 5.59. The van der Waals surface area contributed by atoms with E-state index in [1.54, 1.807) is 0 Å². The maximum Gasteiger partial charge on any atom is 0.213 e. The Morgan fingerprint density at radius 3 is 2.93 bits per heavy atom. The lowest BCUT2D eigenvalue weighted by Crippen LogP contribution is -2.02. The third kappa shape index (κ3) is 1.40. The summed E-state index contributed by atoms with van der Waals surface area (Å²) in [5.41, 5.74) is 1.27. The molecule has 0 aromatic heterocycles. The largest absolute Gasteiger partial charge is 0.438 e. The van der Waals surface area contributed by atoms with Crippen LogP contribution in [0.2, 0.25) is 0 Å². The van der Waals surface area contributed by atoms with Crippen molar-refractivity contribution in [1.82, 2.24) is 0 Å². The fourth-order valence-electron chi connectivity index (χ4n) is 1.20. The van der Waals surface area contributed by atoms with Gasteiger partial charge in [-0.15, -0.1) is 11.6 Å². The van der Waals surface area contributed by atoms with Gasteiger partial charge in [0, 0.05) is 0 Å². The Morgan fingerprint density at radius 1 is 1.50 bits per heavy atom. The van der Waals surface area contributed by atoms with E-state index in [1.807, 2.05) is 30.3 Å². The highest BCUT2D eigenvalue weighted by molar-refractivity contribution is 6.19. The van der Waals surface area contributed by atoms with E-state index in [1.165, 1.54) is 0 Å². The van der Waals surface area contributed by atoms with E-state index in [0.717, 1.165) is 11.4 Å². The molecule has 0 aliphatic carbocycles. The van der Waals surface area contributed by atoms with Crippen molar-refractivity contribution in [2.45, 2.75) is 0 Å². The molecule has 14 heavy (non-hydrogen) atoms. The predicted molar refractivity (Wildman–Crippen MR) is 54.1 cm³/mol. The van der Waals surface area contributed by atoms with E-state index in [4.69, 9.17) is 21.6 Å². The SMILES string of the molecule is N#C/C(CCl)=C1\Nc2ccccc2O1. The van der Waals surface area contributed by atoms with E-state index in [9.17, 15) is 0 Å². The van der Waals surface area contributed by atoms with Gasteiger partial charge >= 0.3 is 0 Å². The van der Waals surface area contributed by atoms with Gasteiger partial charge in [-0.1, -0.05) is 12.1 Å². The number of alkyl halides is 1. The molecule has 0 amide bonds. The first-order valence-electron chi connectivity index (χ1n) is 4.08. The lowest BCUT2D eigenvalue weighted by atomic mass is 10.3. The maximum atomic E-state index is 8.75. The fraction of sp³-hybridized carbons (Fsp3) is 0.100. The molecular weight excluding hydrogens is 200 g/mol. The van der Waals surface area contributed by atoms with E-state index < -0.39 is 0 Å². The highest BCUT2D eigenvalue weighted by Gasteiger charge is 2.18. The first-order chi connectivity index (χ1) is 6.85. The highest BCUT2D eigenvalue weighted by Crippen LogP contribution is 2.33. The zero-order chi connectivity index (χ0) is 9.97. The second-order valence-electron chi connectivity index (χ2n) is 2.78. The number of nitrogens with zero attached hydrogens (tertiary/aromatic N) is 1. The molecule has 1 aromatic rings. The quantitative estimate of drug-likeness (QED) is 0.567.